The summed E-state index contributed by atoms with van der Waals surface area (Å²) >= 11 is 0. The van der Waals surface area contributed by atoms with Crippen molar-refractivity contribution in [1.82, 2.24) is 9.80 Å². The molecule has 23 heavy (non-hydrogen) atoms. The number of hydrogen-bond acceptors (Lipinski definition) is 5. The van der Waals surface area contributed by atoms with Gasteiger partial charge in [0.25, 0.3) is 0 Å². The SMILES string of the molecule is CC(C)(C)OC(=O)N1C(=O)[C@@H]2C[C@H]1CC[C@@H]2N1CCC(N)C1=O. The Morgan fingerprint density at radius 2 is 1.87 bits per heavy atom. The van der Waals surface area contributed by atoms with Gasteiger partial charge >= 0.3 is 6.09 Å². The van der Waals surface area contributed by atoms with Gasteiger partial charge in [0.2, 0.25) is 11.8 Å². The van der Waals surface area contributed by atoms with Gasteiger partial charge in [-0.25, -0.2) is 9.69 Å². The summed E-state index contributed by atoms with van der Waals surface area (Å²) in [6, 6.07) is -0.691. The number of hydrogen-bond donors (Lipinski definition) is 1. The van der Waals surface area contributed by atoms with E-state index in [4.69, 9.17) is 10.5 Å². The molecule has 2 saturated heterocycles. The Bertz CT molecular complexity index is 542. The first-order chi connectivity index (χ1) is 10.7. The van der Waals surface area contributed by atoms with Crippen LogP contribution in [0, 0.1) is 5.92 Å². The van der Waals surface area contributed by atoms with Crippen LogP contribution in [-0.4, -0.2) is 58.0 Å². The largest absolute Gasteiger partial charge is 0.443 e. The summed E-state index contributed by atoms with van der Waals surface area (Å²) in [5.41, 5.74) is 5.16. The lowest BCUT2D eigenvalue weighted by atomic mass is 9.84. The number of nitrogens with two attached hydrogens (primary N) is 1. The number of fused-ring (bicyclic) bond motifs is 2. The number of carbonyl (C=O) groups is 3. The summed E-state index contributed by atoms with van der Waals surface area (Å²) in [7, 11) is 0. The molecule has 0 aromatic rings. The Balaban J connectivity index is 1.75. The molecule has 3 fully saturated rings. The van der Waals surface area contributed by atoms with Crippen molar-refractivity contribution >= 4 is 17.9 Å². The molecule has 3 aliphatic rings. The molecule has 3 amide bonds. The van der Waals surface area contributed by atoms with Crippen LogP contribution in [0.3, 0.4) is 0 Å². The lowest BCUT2D eigenvalue weighted by molar-refractivity contribution is -0.135. The summed E-state index contributed by atoms with van der Waals surface area (Å²) in [4.78, 5) is 40.3. The van der Waals surface area contributed by atoms with Crippen molar-refractivity contribution in [1.29, 1.82) is 0 Å². The van der Waals surface area contributed by atoms with E-state index in [1.165, 1.54) is 4.90 Å². The molecule has 0 spiro atoms. The van der Waals surface area contributed by atoms with Crippen LogP contribution in [0.25, 0.3) is 0 Å². The molecule has 4 atom stereocenters. The zero-order valence-electron chi connectivity index (χ0n) is 13.9. The maximum absolute atomic E-state index is 12.7. The molecule has 7 heteroatoms. The highest BCUT2D eigenvalue weighted by Gasteiger charge is 2.53. The number of nitrogens with zero attached hydrogens (tertiary/aromatic N) is 2. The monoisotopic (exact) mass is 323 g/mol. The Labute approximate surface area is 136 Å². The molecule has 0 aromatic carbocycles. The summed E-state index contributed by atoms with van der Waals surface area (Å²) in [6.07, 6.45) is 2.13. The number of ether oxygens (including phenoxy) is 1. The lowest BCUT2D eigenvalue weighted by Gasteiger charge is -2.34. The highest BCUT2D eigenvalue weighted by atomic mass is 16.6. The van der Waals surface area contributed by atoms with Gasteiger partial charge in [0.15, 0.2) is 0 Å². The summed E-state index contributed by atoms with van der Waals surface area (Å²) in [6.45, 7) is 5.95. The van der Waals surface area contributed by atoms with Gasteiger partial charge in [-0.15, -0.1) is 0 Å². The van der Waals surface area contributed by atoms with Crippen molar-refractivity contribution < 1.29 is 19.1 Å². The van der Waals surface area contributed by atoms with E-state index in [1.807, 2.05) is 0 Å². The average Bonchev–Trinajstić information content (AvgIpc) is 2.89. The van der Waals surface area contributed by atoms with Gasteiger partial charge in [-0.05, 0) is 46.5 Å². The van der Waals surface area contributed by atoms with E-state index in [1.54, 1.807) is 25.7 Å². The molecular formula is C16H25N3O4. The van der Waals surface area contributed by atoms with Gasteiger partial charge < -0.3 is 15.4 Å². The van der Waals surface area contributed by atoms with Crippen LogP contribution >= 0.6 is 0 Å². The number of amides is 3. The normalized spacial score (nSPS) is 34.3. The third-order valence-corrected chi connectivity index (χ3v) is 4.98. The van der Waals surface area contributed by atoms with Gasteiger partial charge in [0, 0.05) is 18.6 Å². The van der Waals surface area contributed by atoms with Crippen molar-refractivity contribution in [2.24, 2.45) is 11.7 Å². The van der Waals surface area contributed by atoms with Crippen LogP contribution in [0.4, 0.5) is 4.79 Å². The molecule has 7 nitrogen and oxygen atoms in total. The Kier molecular flexibility index (Phi) is 3.86. The molecule has 1 saturated carbocycles. The van der Waals surface area contributed by atoms with Crippen LogP contribution in [0.5, 0.6) is 0 Å². The second kappa shape index (κ2) is 5.47. The van der Waals surface area contributed by atoms with Gasteiger partial charge in [-0.1, -0.05) is 0 Å². The van der Waals surface area contributed by atoms with Gasteiger partial charge in [-0.3, -0.25) is 9.59 Å². The highest BCUT2D eigenvalue weighted by Crippen LogP contribution is 2.40. The lowest BCUT2D eigenvalue weighted by Crippen LogP contribution is -2.47. The van der Waals surface area contributed by atoms with E-state index in [2.05, 4.69) is 0 Å². The molecule has 2 aliphatic heterocycles. The second-order valence-electron chi connectivity index (χ2n) is 7.76. The molecule has 128 valence electrons. The summed E-state index contributed by atoms with van der Waals surface area (Å²) < 4.78 is 5.36. The second-order valence-corrected chi connectivity index (χ2v) is 7.76. The van der Waals surface area contributed by atoms with E-state index in [-0.39, 0.29) is 29.8 Å². The minimum atomic E-state index is -0.634. The fourth-order valence-corrected chi connectivity index (χ4v) is 3.97. The number of carbonyl (C=O) groups excluding carboxylic acids is 3. The fourth-order valence-electron chi connectivity index (χ4n) is 3.97. The smallest absolute Gasteiger partial charge is 0.417 e. The molecule has 2 bridgehead atoms. The fraction of sp³-hybridized carbons (Fsp3) is 0.812. The molecule has 3 rings (SSSR count). The minimum absolute atomic E-state index is 0.0723. The zero-order chi connectivity index (χ0) is 16.9. The van der Waals surface area contributed by atoms with Crippen molar-refractivity contribution in [3.63, 3.8) is 0 Å². The molecular weight excluding hydrogens is 298 g/mol. The molecule has 2 N–H and O–H groups in total. The van der Waals surface area contributed by atoms with Gasteiger partial charge in [0.1, 0.15) is 5.60 Å². The number of rotatable bonds is 1. The van der Waals surface area contributed by atoms with E-state index < -0.39 is 17.7 Å². The maximum Gasteiger partial charge on any atom is 0.417 e. The molecule has 1 unspecified atom stereocenters. The standard InChI is InChI=1S/C16H25N3O4/c1-16(2,3)23-15(22)19-9-4-5-12(10(8-9)13(19)20)18-7-6-11(17)14(18)21/h9-12H,4-8,17H2,1-3H3/t9-,10-,11?,12+/m1/s1. The van der Waals surface area contributed by atoms with E-state index in [0.29, 0.717) is 25.8 Å². The quantitative estimate of drug-likeness (QED) is 0.772. The first-order valence-electron chi connectivity index (χ1n) is 8.31. The van der Waals surface area contributed by atoms with Crippen LogP contribution in [0.1, 0.15) is 46.5 Å². The molecule has 0 radical (unpaired) electrons. The van der Waals surface area contributed by atoms with Crippen LogP contribution in [-0.2, 0) is 14.3 Å². The third-order valence-electron chi connectivity index (χ3n) is 4.98. The predicted octanol–water partition coefficient (Wildman–Crippen LogP) is 0.861. The van der Waals surface area contributed by atoms with E-state index in [0.717, 1.165) is 6.42 Å². The van der Waals surface area contributed by atoms with Crippen molar-refractivity contribution in [2.75, 3.05) is 6.54 Å². The Morgan fingerprint density at radius 1 is 1.17 bits per heavy atom. The Hall–Kier alpha value is -1.63. The van der Waals surface area contributed by atoms with Gasteiger partial charge in [-0.2, -0.15) is 0 Å². The minimum Gasteiger partial charge on any atom is -0.443 e. The molecule has 0 aromatic heterocycles. The highest BCUT2D eigenvalue weighted by molar-refractivity contribution is 5.97. The van der Waals surface area contributed by atoms with Crippen LogP contribution in [0.15, 0.2) is 0 Å². The zero-order valence-corrected chi connectivity index (χ0v) is 13.9. The van der Waals surface area contributed by atoms with Crippen molar-refractivity contribution in [3.8, 4) is 0 Å². The topological polar surface area (TPSA) is 92.9 Å². The predicted molar refractivity (Wildman–Crippen MR) is 82.3 cm³/mol. The summed E-state index contributed by atoms with van der Waals surface area (Å²) in [5.74, 6) is -0.590. The van der Waals surface area contributed by atoms with Crippen LogP contribution in [0.2, 0.25) is 0 Å². The average molecular weight is 323 g/mol. The Morgan fingerprint density at radius 3 is 2.43 bits per heavy atom. The molecule has 1 aliphatic carbocycles. The first kappa shape index (κ1) is 16.2. The van der Waals surface area contributed by atoms with Crippen molar-refractivity contribution in [3.05, 3.63) is 0 Å². The van der Waals surface area contributed by atoms with Crippen LogP contribution < -0.4 is 5.73 Å². The first-order valence-corrected chi connectivity index (χ1v) is 8.31. The number of imide groups is 1. The van der Waals surface area contributed by atoms with E-state index >= 15 is 0 Å². The van der Waals surface area contributed by atoms with E-state index in [9.17, 15) is 14.4 Å². The maximum atomic E-state index is 12.7. The van der Waals surface area contributed by atoms with Gasteiger partial charge in [0.05, 0.1) is 12.0 Å². The number of likely N-dealkylation sites (tertiary alicyclic amines) is 2. The molecule has 2 heterocycles. The third kappa shape index (κ3) is 2.82. The summed E-state index contributed by atoms with van der Waals surface area (Å²) in [5, 5.41) is 0. The van der Waals surface area contributed by atoms with Crippen molar-refractivity contribution in [2.45, 2.75) is 70.2 Å².